The number of morpholine rings is 1. The molecule has 0 aliphatic carbocycles. The molecule has 0 radical (unpaired) electrons. The van der Waals surface area contributed by atoms with Crippen LogP contribution in [-0.2, 0) is 14.3 Å². The van der Waals surface area contributed by atoms with E-state index in [1.807, 2.05) is 20.8 Å². The van der Waals surface area contributed by atoms with Crippen molar-refractivity contribution < 1.29 is 23.8 Å². The Hall–Kier alpha value is -1.82. The lowest BCUT2D eigenvalue weighted by Crippen LogP contribution is -2.54. The molecule has 0 bridgehead atoms. The van der Waals surface area contributed by atoms with E-state index in [-0.39, 0.29) is 18.6 Å². The van der Waals surface area contributed by atoms with Gasteiger partial charge in [0.1, 0.15) is 18.4 Å². The van der Waals surface area contributed by atoms with Crippen LogP contribution in [0.15, 0.2) is 16.7 Å². The number of furan rings is 1. The predicted molar refractivity (Wildman–Crippen MR) is 65.5 cm³/mol. The number of aliphatic carboxylic acids is 1. The van der Waals surface area contributed by atoms with Crippen molar-refractivity contribution in [2.24, 2.45) is 0 Å². The fraction of sp³-hybridized carbons (Fsp3) is 0.538. The van der Waals surface area contributed by atoms with E-state index in [2.05, 4.69) is 0 Å². The van der Waals surface area contributed by atoms with Crippen LogP contribution >= 0.6 is 0 Å². The number of nitrogens with zero attached hydrogens (tertiary/aromatic N) is 1. The zero-order valence-corrected chi connectivity index (χ0v) is 11.1. The SMILES string of the molecule is Cc1ccoc1C1C(C(=O)O)OCC(=O)N1C(C)C. The smallest absolute Gasteiger partial charge is 0.335 e. The van der Waals surface area contributed by atoms with Gasteiger partial charge in [0, 0.05) is 6.04 Å². The number of ether oxygens (including phenoxy) is 1. The number of hydrogen-bond donors (Lipinski definition) is 1. The van der Waals surface area contributed by atoms with Crippen molar-refractivity contribution in [2.75, 3.05) is 6.61 Å². The molecule has 6 heteroatoms. The summed E-state index contributed by atoms with van der Waals surface area (Å²) in [5.41, 5.74) is 0.806. The normalized spacial score (nSPS) is 24.0. The molecule has 0 saturated carbocycles. The van der Waals surface area contributed by atoms with E-state index in [0.29, 0.717) is 5.76 Å². The summed E-state index contributed by atoms with van der Waals surface area (Å²) in [4.78, 5) is 24.9. The highest BCUT2D eigenvalue weighted by molar-refractivity contribution is 5.83. The standard InChI is InChI=1S/C13H17NO5/c1-7(2)14-9(15)6-19-12(13(16)17)10(14)11-8(3)4-5-18-11/h4-5,7,10,12H,6H2,1-3H3,(H,16,17). The van der Waals surface area contributed by atoms with Crippen LogP contribution < -0.4 is 0 Å². The quantitative estimate of drug-likeness (QED) is 0.894. The summed E-state index contributed by atoms with van der Waals surface area (Å²) in [6.45, 7) is 5.28. The van der Waals surface area contributed by atoms with E-state index in [0.717, 1.165) is 5.56 Å². The Balaban J connectivity index is 2.47. The molecule has 1 aliphatic rings. The van der Waals surface area contributed by atoms with Gasteiger partial charge in [0.05, 0.1) is 6.26 Å². The summed E-state index contributed by atoms with van der Waals surface area (Å²) in [6.07, 6.45) is 0.381. The van der Waals surface area contributed by atoms with Gasteiger partial charge in [-0.1, -0.05) is 0 Å². The molecule has 6 nitrogen and oxygen atoms in total. The Morgan fingerprint density at radius 3 is 2.68 bits per heavy atom. The van der Waals surface area contributed by atoms with Gasteiger partial charge in [-0.05, 0) is 32.4 Å². The van der Waals surface area contributed by atoms with Gasteiger partial charge in [-0.25, -0.2) is 4.79 Å². The number of carboxylic acids is 1. The van der Waals surface area contributed by atoms with Gasteiger partial charge in [0.15, 0.2) is 6.10 Å². The molecular formula is C13H17NO5. The monoisotopic (exact) mass is 267 g/mol. The van der Waals surface area contributed by atoms with Crippen molar-refractivity contribution >= 4 is 11.9 Å². The number of hydrogen-bond acceptors (Lipinski definition) is 4. The van der Waals surface area contributed by atoms with Gasteiger partial charge in [-0.15, -0.1) is 0 Å². The van der Waals surface area contributed by atoms with Gasteiger partial charge in [0.2, 0.25) is 5.91 Å². The van der Waals surface area contributed by atoms with Crippen molar-refractivity contribution in [3.05, 3.63) is 23.7 Å². The maximum absolute atomic E-state index is 12.0. The van der Waals surface area contributed by atoms with Gasteiger partial charge >= 0.3 is 5.97 Å². The highest BCUT2D eigenvalue weighted by Gasteiger charge is 2.45. The highest BCUT2D eigenvalue weighted by atomic mass is 16.5. The maximum Gasteiger partial charge on any atom is 0.335 e. The summed E-state index contributed by atoms with van der Waals surface area (Å²) >= 11 is 0. The van der Waals surface area contributed by atoms with Gasteiger partial charge < -0.3 is 19.2 Å². The lowest BCUT2D eigenvalue weighted by molar-refractivity contribution is -0.176. The summed E-state index contributed by atoms with van der Waals surface area (Å²) in [5.74, 6) is -0.860. The number of amides is 1. The summed E-state index contributed by atoms with van der Waals surface area (Å²) in [6, 6.07) is 0.882. The molecule has 2 rings (SSSR count). The molecule has 1 aliphatic heterocycles. The van der Waals surface area contributed by atoms with Gasteiger partial charge in [0.25, 0.3) is 0 Å². The van der Waals surface area contributed by atoms with Crippen molar-refractivity contribution in [1.82, 2.24) is 4.90 Å². The first-order valence-electron chi connectivity index (χ1n) is 6.13. The molecule has 2 atom stereocenters. The molecule has 19 heavy (non-hydrogen) atoms. The second-order valence-electron chi connectivity index (χ2n) is 4.88. The maximum atomic E-state index is 12.0. The first-order valence-corrected chi connectivity index (χ1v) is 6.13. The average molecular weight is 267 g/mol. The molecular weight excluding hydrogens is 250 g/mol. The molecule has 2 heterocycles. The molecule has 1 aromatic heterocycles. The minimum Gasteiger partial charge on any atom is -0.479 e. The van der Waals surface area contributed by atoms with Crippen molar-refractivity contribution in [3.63, 3.8) is 0 Å². The first kappa shape index (κ1) is 13.6. The first-order chi connectivity index (χ1) is 8.93. The van der Waals surface area contributed by atoms with E-state index in [1.165, 1.54) is 11.2 Å². The van der Waals surface area contributed by atoms with E-state index >= 15 is 0 Å². The van der Waals surface area contributed by atoms with Gasteiger partial charge in [-0.3, -0.25) is 4.79 Å². The molecule has 1 amide bonds. The lowest BCUT2D eigenvalue weighted by atomic mass is 10.00. The molecule has 0 spiro atoms. The Morgan fingerprint density at radius 1 is 1.53 bits per heavy atom. The van der Waals surface area contributed by atoms with Crippen LogP contribution in [0.5, 0.6) is 0 Å². The van der Waals surface area contributed by atoms with Crippen LogP contribution in [0.1, 0.15) is 31.2 Å². The molecule has 0 aromatic carbocycles. The van der Waals surface area contributed by atoms with E-state index in [4.69, 9.17) is 9.15 Å². The summed E-state index contributed by atoms with van der Waals surface area (Å²) in [5, 5.41) is 9.28. The van der Waals surface area contributed by atoms with Crippen LogP contribution in [0, 0.1) is 6.92 Å². The van der Waals surface area contributed by atoms with Crippen molar-refractivity contribution in [2.45, 2.75) is 39.0 Å². The van der Waals surface area contributed by atoms with Crippen LogP contribution in [0.2, 0.25) is 0 Å². The Kier molecular flexibility index (Phi) is 3.61. The van der Waals surface area contributed by atoms with Crippen LogP contribution in [-0.4, -0.2) is 40.6 Å². The molecule has 1 aromatic rings. The third-order valence-electron chi connectivity index (χ3n) is 3.23. The third kappa shape index (κ3) is 2.35. The Morgan fingerprint density at radius 2 is 2.21 bits per heavy atom. The molecule has 1 saturated heterocycles. The second-order valence-corrected chi connectivity index (χ2v) is 4.88. The largest absolute Gasteiger partial charge is 0.479 e. The zero-order chi connectivity index (χ0) is 14.2. The van der Waals surface area contributed by atoms with E-state index < -0.39 is 18.1 Å². The Bertz CT molecular complexity index is 493. The Labute approximate surface area is 110 Å². The van der Waals surface area contributed by atoms with Gasteiger partial charge in [-0.2, -0.15) is 0 Å². The minimum absolute atomic E-state index is 0.132. The second kappa shape index (κ2) is 5.05. The van der Waals surface area contributed by atoms with Crippen LogP contribution in [0.3, 0.4) is 0 Å². The number of carbonyl (C=O) groups is 2. The average Bonchev–Trinajstić information content (AvgIpc) is 2.73. The van der Waals surface area contributed by atoms with E-state index in [1.54, 1.807) is 6.07 Å². The van der Waals surface area contributed by atoms with E-state index in [9.17, 15) is 14.7 Å². The zero-order valence-electron chi connectivity index (χ0n) is 11.1. The van der Waals surface area contributed by atoms with Crippen molar-refractivity contribution in [1.29, 1.82) is 0 Å². The van der Waals surface area contributed by atoms with Crippen molar-refractivity contribution in [3.8, 4) is 0 Å². The number of rotatable bonds is 3. The third-order valence-corrected chi connectivity index (χ3v) is 3.23. The topological polar surface area (TPSA) is 80.0 Å². The van der Waals surface area contributed by atoms with Crippen LogP contribution in [0.25, 0.3) is 0 Å². The summed E-state index contributed by atoms with van der Waals surface area (Å²) in [7, 11) is 0. The number of carboxylic acid groups (broad SMARTS) is 1. The van der Waals surface area contributed by atoms with Crippen LogP contribution in [0.4, 0.5) is 0 Å². The molecule has 1 N–H and O–H groups in total. The number of aryl methyl sites for hydroxylation is 1. The summed E-state index contributed by atoms with van der Waals surface area (Å²) < 4.78 is 10.5. The predicted octanol–water partition coefficient (Wildman–Crippen LogP) is 1.35. The molecule has 2 unspecified atom stereocenters. The fourth-order valence-electron chi connectivity index (χ4n) is 2.39. The number of carbonyl (C=O) groups excluding carboxylic acids is 1. The highest BCUT2D eigenvalue weighted by Crippen LogP contribution is 2.34. The molecule has 1 fully saturated rings. The fourth-order valence-corrected chi connectivity index (χ4v) is 2.39. The minimum atomic E-state index is -1.11. The lowest BCUT2D eigenvalue weighted by Gasteiger charge is -2.40. The molecule has 104 valence electrons.